The van der Waals surface area contributed by atoms with E-state index in [0.717, 1.165) is 11.3 Å². The molecule has 0 aliphatic carbocycles. The van der Waals surface area contributed by atoms with E-state index >= 15 is 0 Å². The van der Waals surface area contributed by atoms with Crippen molar-refractivity contribution in [1.82, 2.24) is 5.32 Å². The Bertz CT molecular complexity index is 1030. The first-order valence-corrected chi connectivity index (χ1v) is 9.58. The predicted octanol–water partition coefficient (Wildman–Crippen LogP) is 4.74. The number of thiocarbonyl (C=S) groups is 1. The molecule has 6 heteroatoms. The standard InChI is InChI=1S/C21H15FN2OS2/c22-15-6-8-16(9-7-15)24-20(25)19(23-21(24)26)13-18-11-10-17(27-18)12-14-4-2-1-3-5-14/h1-11,13H,12H2,(H,23,26)/b19-13+. The van der Waals surface area contributed by atoms with Crippen LogP contribution in [0, 0.1) is 5.82 Å². The molecule has 0 saturated carbocycles. The average molecular weight is 394 g/mol. The summed E-state index contributed by atoms with van der Waals surface area (Å²) in [5.41, 5.74) is 2.20. The average Bonchev–Trinajstić information content (AvgIpc) is 3.21. The van der Waals surface area contributed by atoms with Gasteiger partial charge in [-0.15, -0.1) is 11.3 Å². The summed E-state index contributed by atoms with van der Waals surface area (Å²) in [7, 11) is 0. The normalized spacial score (nSPS) is 15.4. The summed E-state index contributed by atoms with van der Waals surface area (Å²) < 4.78 is 13.1. The van der Waals surface area contributed by atoms with E-state index in [1.807, 2.05) is 24.3 Å². The lowest BCUT2D eigenvalue weighted by Gasteiger charge is -2.13. The number of nitrogens with one attached hydrogen (secondary N) is 1. The van der Waals surface area contributed by atoms with E-state index in [1.165, 1.54) is 39.6 Å². The number of rotatable bonds is 4. The van der Waals surface area contributed by atoms with Gasteiger partial charge in [0.2, 0.25) is 0 Å². The second-order valence-corrected chi connectivity index (χ2v) is 7.66. The highest BCUT2D eigenvalue weighted by atomic mass is 32.1. The SMILES string of the molecule is O=C1/C(=C\c2ccc(Cc3ccccc3)s2)NC(=S)N1c1ccc(F)cc1. The molecule has 1 aliphatic heterocycles. The van der Waals surface area contributed by atoms with Gasteiger partial charge >= 0.3 is 0 Å². The molecule has 1 aliphatic rings. The number of carbonyl (C=O) groups is 1. The molecule has 0 atom stereocenters. The van der Waals surface area contributed by atoms with Crippen molar-refractivity contribution in [2.75, 3.05) is 4.90 Å². The summed E-state index contributed by atoms with van der Waals surface area (Å²) in [5.74, 6) is -0.603. The summed E-state index contributed by atoms with van der Waals surface area (Å²) in [6.45, 7) is 0. The van der Waals surface area contributed by atoms with E-state index in [9.17, 15) is 9.18 Å². The summed E-state index contributed by atoms with van der Waals surface area (Å²) in [5, 5.41) is 3.25. The minimum Gasteiger partial charge on any atom is -0.327 e. The first-order valence-electron chi connectivity index (χ1n) is 8.35. The molecule has 3 nitrogen and oxygen atoms in total. The maximum Gasteiger partial charge on any atom is 0.281 e. The largest absolute Gasteiger partial charge is 0.327 e. The quantitative estimate of drug-likeness (QED) is 0.512. The highest BCUT2D eigenvalue weighted by Crippen LogP contribution is 2.26. The molecule has 2 aromatic carbocycles. The second kappa shape index (κ2) is 7.42. The van der Waals surface area contributed by atoms with Gasteiger partial charge in [-0.3, -0.25) is 9.69 Å². The van der Waals surface area contributed by atoms with Crippen LogP contribution in [0.3, 0.4) is 0 Å². The molecule has 4 rings (SSSR count). The van der Waals surface area contributed by atoms with Crippen molar-refractivity contribution in [2.45, 2.75) is 6.42 Å². The van der Waals surface area contributed by atoms with E-state index in [4.69, 9.17) is 12.2 Å². The molecule has 1 amide bonds. The smallest absolute Gasteiger partial charge is 0.281 e. The Balaban J connectivity index is 1.53. The molecule has 3 aromatic rings. The fourth-order valence-corrected chi connectivity index (χ4v) is 4.15. The van der Waals surface area contributed by atoms with Crippen LogP contribution in [0.25, 0.3) is 6.08 Å². The van der Waals surface area contributed by atoms with Gasteiger partial charge in [-0.25, -0.2) is 4.39 Å². The number of hydrogen-bond donors (Lipinski definition) is 1. The molecule has 0 spiro atoms. The third-order valence-electron chi connectivity index (χ3n) is 4.15. The first kappa shape index (κ1) is 17.6. The summed E-state index contributed by atoms with van der Waals surface area (Å²) >= 11 is 6.92. The lowest BCUT2D eigenvalue weighted by atomic mass is 10.1. The van der Waals surface area contributed by atoms with E-state index in [2.05, 4.69) is 23.5 Å². The highest BCUT2D eigenvalue weighted by Gasteiger charge is 2.32. The van der Waals surface area contributed by atoms with E-state index in [-0.39, 0.29) is 11.7 Å². The van der Waals surface area contributed by atoms with Crippen LogP contribution in [0.15, 0.2) is 72.4 Å². The van der Waals surface area contributed by atoms with E-state index < -0.39 is 0 Å². The monoisotopic (exact) mass is 394 g/mol. The molecule has 1 aromatic heterocycles. The second-order valence-electron chi connectivity index (χ2n) is 6.07. The minimum atomic E-state index is -0.357. The number of benzene rings is 2. The van der Waals surface area contributed by atoms with Crippen molar-refractivity contribution in [3.8, 4) is 0 Å². The van der Waals surface area contributed by atoms with E-state index in [1.54, 1.807) is 17.4 Å². The number of amides is 1. The molecule has 1 N–H and O–H groups in total. The van der Waals surface area contributed by atoms with Gasteiger partial charge in [0.05, 0.1) is 5.69 Å². The zero-order valence-electron chi connectivity index (χ0n) is 14.2. The summed E-state index contributed by atoms with van der Waals surface area (Å²) in [6, 6.07) is 20.0. The van der Waals surface area contributed by atoms with Gasteiger partial charge in [-0.05, 0) is 60.3 Å². The van der Waals surface area contributed by atoms with Gasteiger partial charge in [-0.2, -0.15) is 0 Å². The summed E-state index contributed by atoms with van der Waals surface area (Å²) in [4.78, 5) is 16.3. The Morgan fingerprint density at radius 2 is 1.78 bits per heavy atom. The molecule has 0 radical (unpaired) electrons. The van der Waals surface area contributed by atoms with Crippen LogP contribution in [0.5, 0.6) is 0 Å². The van der Waals surface area contributed by atoms with Crippen LogP contribution < -0.4 is 10.2 Å². The molecule has 27 heavy (non-hydrogen) atoms. The van der Waals surface area contributed by atoms with Crippen LogP contribution in [0.2, 0.25) is 0 Å². The molecule has 2 heterocycles. The minimum absolute atomic E-state index is 0.246. The number of anilines is 1. The number of thiophene rings is 1. The Labute approximate surface area is 165 Å². The maximum absolute atomic E-state index is 13.1. The number of hydrogen-bond acceptors (Lipinski definition) is 3. The Morgan fingerprint density at radius 3 is 2.52 bits per heavy atom. The Kier molecular flexibility index (Phi) is 4.83. The predicted molar refractivity (Wildman–Crippen MR) is 111 cm³/mol. The zero-order chi connectivity index (χ0) is 18.8. The van der Waals surface area contributed by atoms with Crippen molar-refractivity contribution in [3.63, 3.8) is 0 Å². The lowest BCUT2D eigenvalue weighted by Crippen LogP contribution is -2.30. The Hall–Kier alpha value is -2.83. The van der Waals surface area contributed by atoms with Crippen LogP contribution in [-0.4, -0.2) is 11.0 Å². The van der Waals surface area contributed by atoms with Gasteiger partial charge in [0.15, 0.2) is 5.11 Å². The fourth-order valence-electron chi connectivity index (χ4n) is 2.87. The third-order valence-corrected chi connectivity index (χ3v) is 5.47. The molecule has 0 unspecified atom stereocenters. The number of carbonyl (C=O) groups excluding carboxylic acids is 1. The van der Waals surface area contributed by atoms with Gasteiger partial charge in [-0.1, -0.05) is 30.3 Å². The number of halogens is 1. The number of nitrogens with zero attached hydrogens (tertiary/aromatic N) is 1. The van der Waals surface area contributed by atoms with Gasteiger partial charge in [0.25, 0.3) is 5.91 Å². The molecule has 0 bridgehead atoms. The molecule has 1 fully saturated rings. The fraction of sp³-hybridized carbons (Fsp3) is 0.0476. The van der Waals surface area contributed by atoms with Crippen LogP contribution in [0.1, 0.15) is 15.3 Å². The van der Waals surface area contributed by atoms with Crippen molar-refractivity contribution in [3.05, 3.63) is 93.6 Å². The van der Waals surface area contributed by atoms with Crippen molar-refractivity contribution in [1.29, 1.82) is 0 Å². The van der Waals surface area contributed by atoms with Crippen LogP contribution in [-0.2, 0) is 11.2 Å². The van der Waals surface area contributed by atoms with Crippen molar-refractivity contribution in [2.24, 2.45) is 0 Å². The maximum atomic E-state index is 13.1. The van der Waals surface area contributed by atoms with Crippen LogP contribution >= 0.6 is 23.6 Å². The molecular weight excluding hydrogens is 379 g/mol. The van der Waals surface area contributed by atoms with Crippen molar-refractivity contribution >= 4 is 46.3 Å². The zero-order valence-corrected chi connectivity index (χ0v) is 15.8. The van der Waals surface area contributed by atoms with Crippen LogP contribution in [0.4, 0.5) is 10.1 Å². The Morgan fingerprint density at radius 1 is 1.04 bits per heavy atom. The van der Waals surface area contributed by atoms with Gasteiger partial charge in [0.1, 0.15) is 11.5 Å². The van der Waals surface area contributed by atoms with Gasteiger partial charge in [0, 0.05) is 16.2 Å². The molecule has 1 saturated heterocycles. The third kappa shape index (κ3) is 3.82. The lowest BCUT2D eigenvalue weighted by molar-refractivity contribution is -0.113. The molecule has 134 valence electrons. The molecular formula is C21H15FN2OS2. The topological polar surface area (TPSA) is 32.3 Å². The first-order chi connectivity index (χ1) is 13.1. The van der Waals surface area contributed by atoms with Crippen molar-refractivity contribution < 1.29 is 9.18 Å². The highest BCUT2D eigenvalue weighted by molar-refractivity contribution is 7.80. The van der Waals surface area contributed by atoms with E-state index in [0.29, 0.717) is 16.5 Å². The van der Waals surface area contributed by atoms with Gasteiger partial charge < -0.3 is 5.32 Å². The summed E-state index contributed by atoms with van der Waals surface area (Å²) in [6.07, 6.45) is 2.66.